The molecule has 0 bridgehead atoms. The van der Waals surface area contributed by atoms with Gasteiger partial charge in [0.1, 0.15) is 0 Å². The number of nitrogens with zero attached hydrogens (tertiary/aromatic N) is 1. The maximum absolute atomic E-state index is 12.5. The highest BCUT2D eigenvalue weighted by Crippen LogP contribution is 2.28. The first kappa shape index (κ1) is 23.0. The first-order chi connectivity index (χ1) is 11.0. The van der Waals surface area contributed by atoms with E-state index in [1.54, 1.807) is 7.05 Å². The number of halogens is 4. The Morgan fingerprint density at radius 3 is 2.33 bits per heavy atom. The van der Waals surface area contributed by atoms with Gasteiger partial charge in [-0.3, -0.25) is 4.99 Å². The first-order valence-corrected chi connectivity index (χ1v) is 7.65. The molecule has 0 saturated heterocycles. The summed E-state index contributed by atoms with van der Waals surface area (Å²) in [6.45, 7) is 4.45. The molecule has 8 heteroatoms. The van der Waals surface area contributed by atoms with Crippen LogP contribution in [0, 0.1) is 0 Å². The standard InChI is InChI=1S/C16H24F3N3O.HI/c1-3-4-10-23-11-9-21-15(20-2)22-12-13-5-7-14(8-6-13)16(17,18)19;/h5-8H,3-4,9-12H2,1-2H3,(H2,20,21,22);1H. The molecule has 0 spiro atoms. The number of hydrogen-bond acceptors (Lipinski definition) is 2. The van der Waals surface area contributed by atoms with E-state index in [-0.39, 0.29) is 24.0 Å². The van der Waals surface area contributed by atoms with E-state index in [0.717, 1.165) is 37.1 Å². The predicted octanol–water partition coefficient (Wildman–Crippen LogP) is 3.81. The highest BCUT2D eigenvalue weighted by Gasteiger charge is 2.29. The number of hydrogen-bond donors (Lipinski definition) is 2. The molecule has 0 aliphatic heterocycles. The van der Waals surface area contributed by atoms with Crippen molar-refractivity contribution < 1.29 is 17.9 Å². The molecule has 138 valence electrons. The predicted molar refractivity (Wildman–Crippen MR) is 101 cm³/mol. The molecule has 4 nitrogen and oxygen atoms in total. The second-order valence-corrected chi connectivity index (χ2v) is 5.01. The highest BCUT2D eigenvalue weighted by molar-refractivity contribution is 14.0. The molecule has 1 aromatic carbocycles. The van der Waals surface area contributed by atoms with Crippen LogP contribution in [0.5, 0.6) is 0 Å². The molecule has 24 heavy (non-hydrogen) atoms. The third-order valence-electron chi connectivity index (χ3n) is 3.15. The summed E-state index contributed by atoms with van der Waals surface area (Å²) in [5, 5.41) is 6.13. The molecule has 0 heterocycles. The Bertz CT molecular complexity index is 478. The maximum atomic E-state index is 12.5. The minimum atomic E-state index is -4.30. The van der Waals surface area contributed by atoms with Gasteiger partial charge in [0.05, 0.1) is 12.2 Å². The van der Waals surface area contributed by atoms with E-state index in [1.807, 2.05) is 0 Å². The normalized spacial score (nSPS) is 11.8. The minimum absolute atomic E-state index is 0. The first-order valence-electron chi connectivity index (χ1n) is 7.65. The minimum Gasteiger partial charge on any atom is -0.380 e. The maximum Gasteiger partial charge on any atom is 0.416 e. The monoisotopic (exact) mass is 459 g/mol. The molecule has 0 aromatic heterocycles. The average Bonchev–Trinajstić information content (AvgIpc) is 2.53. The molecular formula is C16H25F3IN3O. The van der Waals surface area contributed by atoms with Crippen LogP contribution in [-0.2, 0) is 17.5 Å². The molecule has 0 unspecified atom stereocenters. The molecule has 1 aromatic rings. The van der Waals surface area contributed by atoms with Crippen LogP contribution in [0.1, 0.15) is 30.9 Å². The second kappa shape index (κ2) is 12.3. The summed E-state index contributed by atoms with van der Waals surface area (Å²) in [6, 6.07) is 5.07. The lowest BCUT2D eigenvalue weighted by atomic mass is 10.1. The molecule has 2 N–H and O–H groups in total. The van der Waals surface area contributed by atoms with Crippen LogP contribution in [0.15, 0.2) is 29.3 Å². The summed E-state index contributed by atoms with van der Waals surface area (Å²) < 4.78 is 42.9. The number of unbranched alkanes of at least 4 members (excludes halogenated alkanes) is 1. The second-order valence-electron chi connectivity index (χ2n) is 5.01. The van der Waals surface area contributed by atoms with Crippen molar-refractivity contribution in [2.24, 2.45) is 4.99 Å². The van der Waals surface area contributed by atoms with Crippen molar-refractivity contribution in [1.29, 1.82) is 0 Å². The summed E-state index contributed by atoms with van der Waals surface area (Å²) in [5.74, 6) is 0.587. The molecule has 0 atom stereocenters. The topological polar surface area (TPSA) is 45.6 Å². The molecule has 0 saturated carbocycles. The number of benzene rings is 1. The zero-order valence-corrected chi connectivity index (χ0v) is 16.3. The van der Waals surface area contributed by atoms with E-state index in [1.165, 1.54) is 12.1 Å². The van der Waals surface area contributed by atoms with Gasteiger partial charge in [0.25, 0.3) is 0 Å². The molecule has 0 radical (unpaired) electrons. The number of nitrogens with one attached hydrogen (secondary N) is 2. The van der Waals surface area contributed by atoms with Crippen LogP contribution in [0.2, 0.25) is 0 Å². The van der Waals surface area contributed by atoms with E-state index in [9.17, 15) is 13.2 Å². The Hall–Kier alpha value is -1.03. The van der Waals surface area contributed by atoms with E-state index >= 15 is 0 Å². The third-order valence-corrected chi connectivity index (χ3v) is 3.15. The van der Waals surface area contributed by atoms with Crippen molar-refractivity contribution in [3.63, 3.8) is 0 Å². The summed E-state index contributed by atoms with van der Waals surface area (Å²) in [7, 11) is 1.64. The third kappa shape index (κ3) is 9.31. The zero-order chi connectivity index (χ0) is 17.1. The Labute approximate surface area is 158 Å². The van der Waals surface area contributed by atoms with E-state index < -0.39 is 11.7 Å². The summed E-state index contributed by atoms with van der Waals surface area (Å²) in [6.07, 6.45) is -2.16. The van der Waals surface area contributed by atoms with Crippen molar-refractivity contribution in [3.05, 3.63) is 35.4 Å². The Morgan fingerprint density at radius 2 is 1.79 bits per heavy atom. The number of aliphatic imine (C=N–C) groups is 1. The van der Waals surface area contributed by atoms with Gasteiger partial charge in [-0.1, -0.05) is 25.5 Å². The SMILES string of the molecule is CCCCOCCNC(=NC)NCc1ccc(C(F)(F)F)cc1.I. The number of alkyl halides is 3. The van der Waals surface area contributed by atoms with Gasteiger partial charge in [0.15, 0.2) is 5.96 Å². The van der Waals surface area contributed by atoms with Crippen LogP contribution < -0.4 is 10.6 Å². The lowest BCUT2D eigenvalue weighted by molar-refractivity contribution is -0.137. The van der Waals surface area contributed by atoms with Crippen molar-refractivity contribution in [2.45, 2.75) is 32.5 Å². The fraction of sp³-hybridized carbons (Fsp3) is 0.562. The quantitative estimate of drug-likeness (QED) is 0.269. The van der Waals surface area contributed by atoms with Crippen molar-refractivity contribution in [1.82, 2.24) is 10.6 Å². The van der Waals surface area contributed by atoms with Crippen LogP contribution in [0.4, 0.5) is 13.2 Å². The van der Waals surface area contributed by atoms with Gasteiger partial charge in [-0.15, -0.1) is 24.0 Å². The zero-order valence-electron chi connectivity index (χ0n) is 13.9. The molecule has 0 fully saturated rings. The van der Waals surface area contributed by atoms with Gasteiger partial charge < -0.3 is 15.4 Å². The van der Waals surface area contributed by atoms with Crippen molar-refractivity contribution in [3.8, 4) is 0 Å². The van der Waals surface area contributed by atoms with Crippen molar-refractivity contribution in [2.75, 3.05) is 26.8 Å². The lowest BCUT2D eigenvalue weighted by Gasteiger charge is -2.13. The van der Waals surface area contributed by atoms with Gasteiger partial charge in [0.2, 0.25) is 0 Å². The fourth-order valence-electron chi connectivity index (χ4n) is 1.81. The van der Waals surface area contributed by atoms with Gasteiger partial charge in [-0.2, -0.15) is 13.2 Å². The smallest absolute Gasteiger partial charge is 0.380 e. The Morgan fingerprint density at radius 1 is 1.12 bits per heavy atom. The highest BCUT2D eigenvalue weighted by atomic mass is 127. The van der Waals surface area contributed by atoms with Crippen LogP contribution in [-0.4, -0.2) is 32.8 Å². The van der Waals surface area contributed by atoms with Crippen LogP contribution >= 0.6 is 24.0 Å². The summed E-state index contributed by atoms with van der Waals surface area (Å²) in [5.41, 5.74) is 0.105. The Kier molecular flexibility index (Phi) is 11.8. The summed E-state index contributed by atoms with van der Waals surface area (Å²) >= 11 is 0. The molecular weight excluding hydrogens is 434 g/mol. The number of guanidine groups is 1. The molecule has 0 amide bonds. The van der Waals surface area contributed by atoms with Gasteiger partial charge in [-0.05, 0) is 24.1 Å². The van der Waals surface area contributed by atoms with Gasteiger partial charge in [-0.25, -0.2) is 0 Å². The number of rotatable bonds is 8. The average molecular weight is 459 g/mol. The number of ether oxygens (including phenoxy) is 1. The van der Waals surface area contributed by atoms with Crippen LogP contribution in [0.25, 0.3) is 0 Å². The van der Waals surface area contributed by atoms with Crippen LogP contribution in [0.3, 0.4) is 0 Å². The molecule has 0 aliphatic rings. The van der Waals surface area contributed by atoms with E-state index in [4.69, 9.17) is 4.74 Å². The fourth-order valence-corrected chi connectivity index (χ4v) is 1.81. The lowest BCUT2D eigenvalue weighted by Crippen LogP contribution is -2.38. The van der Waals surface area contributed by atoms with Gasteiger partial charge in [0, 0.05) is 26.7 Å². The summed E-state index contributed by atoms with van der Waals surface area (Å²) in [4.78, 5) is 4.05. The van der Waals surface area contributed by atoms with Gasteiger partial charge >= 0.3 is 6.18 Å². The molecule has 1 rings (SSSR count). The Balaban J connectivity index is 0.00000529. The largest absolute Gasteiger partial charge is 0.416 e. The van der Waals surface area contributed by atoms with E-state index in [2.05, 4.69) is 22.5 Å². The molecule has 0 aliphatic carbocycles. The van der Waals surface area contributed by atoms with Crippen molar-refractivity contribution >= 4 is 29.9 Å². The van der Waals surface area contributed by atoms with E-state index in [0.29, 0.717) is 25.7 Å².